The summed E-state index contributed by atoms with van der Waals surface area (Å²) >= 11 is 1.44. The average Bonchev–Trinajstić information content (AvgIpc) is 2.79. The molecule has 22 heavy (non-hydrogen) atoms. The van der Waals surface area contributed by atoms with Crippen LogP contribution in [-0.4, -0.2) is 24.3 Å². The van der Waals surface area contributed by atoms with E-state index < -0.39 is 5.54 Å². The largest absolute Gasteiger partial charge is 0.496 e. The van der Waals surface area contributed by atoms with Gasteiger partial charge in [0.05, 0.1) is 18.9 Å². The maximum atomic E-state index is 12.2. The number of nitrogens with zero attached hydrogens (tertiary/aromatic N) is 1. The van der Waals surface area contributed by atoms with Crippen LogP contribution in [0.15, 0.2) is 29.2 Å². The molecule has 1 amide bonds. The van der Waals surface area contributed by atoms with Crippen molar-refractivity contribution >= 4 is 17.7 Å². The van der Waals surface area contributed by atoms with E-state index in [1.165, 1.54) is 11.8 Å². The normalized spacial score (nSPS) is 17.1. The zero-order valence-electron chi connectivity index (χ0n) is 12.9. The number of thioether (sulfide) groups is 1. The molecule has 0 radical (unpaired) electrons. The van der Waals surface area contributed by atoms with E-state index in [1.54, 1.807) is 7.11 Å². The van der Waals surface area contributed by atoms with Crippen molar-refractivity contribution in [2.24, 2.45) is 0 Å². The number of benzene rings is 1. The Labute approximate surface area is 136 Å². The molecule has 1 aliphatic carbocycles. The van der Waals surface area contributed by atoms with E-state index in [0.29, 0.717) is 5.75 Å². The number of carbonyl (C=O) groups is 1. The molecule has 1 saturated carbocycles. The summed E-state index contributed by atoms with van der Waals surface area (Å²) in [6, 6.07) is 9.98. The highest BCUT2D eigenvalue weighted by atomic mass is 32.2. The molecule has 0 spiro atoms. The van der Waals surface area contributed by atoms with Gasteiger partial charge in [-0.2, -0.15) is 5.26 Å². The number of nitrogens with one attached hydrogen (secondary N) is 1. The predicted molar refractivity (Wildman–Crippen MR) is 87.9 cm³/mol. The lowest BCUT2D eigenvalue weighted by molar-refractivity contribution is -0.120. The fraction of sp³-hybridized carbons (Fsp3) is 0.529. The lowest BCUT2D eigenvalue weighted by atomic mass is 9.92. The van der Waals surface area contributed by atoms with Crippen molar-refractivity contribution in [2.75, 3.05) is 12.9 Å². The average molecular weight is 318 g/mol. The Kier molecular flexibility index (Phi) is 6.14. The summed E-state index contributed by atoms with van der Waals surface area (Å²) in [5.74, 6) is 0.980. The van der Waals surface area contributed by atoms with E-state index in [-0.39, 0.29) is 5.91 Å². The standard InChI is InChI=1S/C17H22N2O2S/c1-21-14-8-4-5-9-15(14)22-12-16(20)19-17(13-18)10-6-2-3-7-11-17/h4-5,8-9H,2-3,6-7,10-12H2,1H3,(H,19,20). The number of carbonyl (C=O) groups excluding carboxylic acids is 1. The minimum absolute atomic E-state index is 0.0839. The first-order valence-electron chi connectivity index (χ1n) is 7.67. The minimum Gasteiger partial charge on any atom is -0.496 e. The van der Waals surface area contributed by atoms with Crippen LogP contribution in [0.4, 0.5) is 0 Å². The number of para-hydroxylation sites is 1. The highest BCUT2D eigenvalue weighted by molar-refractivity contribution is 8.00. The number of hydrogen-bond donors (Lipinski definition) is 1. The highest BCUT2D eigenvalue weighted by Gasteiger charge is 2.32. The third-order valence-corrected chi connectivity index (χ3v) is 5.03. The number of amides is 1. The summed E-state index contributed by atoms with van der Waals surface area (Å²) in [7, 11) is 1.62. The second-order valence-corrected chi connectivity index (χ2v) is 6.61. The monoisotopic (exact) mass is 318 g/mol. The van der Waals surface area contributed by atoms with Gasteiger partial charge in [0, 0.05) is 4.90 Å². The quantitative estimate of drug-likeness (QED) is 0.666. The van der Waals surface area contributed by atoms with Crippen LogP contribution >= 0.6 is 11.8 Å². The summed E-state index contributed by atoms with van der Waals surface area (Å²) < 4.78 is 5.28. The molecule has 0 atom stereocenters. The number of rotatable bonds is 5. The van der Waals surface area contributed by atoms with Crippen molar-refractivity contribution in [2.45, 2.75) is 49.0 Å². The first-order valence-corrected chi connectivity index (χ1v) is 8.66. The smallest absolute Gasteiger partial charge is 0.231 e. The van der Waals surface area contributed by atoms with Crippen LogP contribution < -0.4 is 10.1 Å². The van der Waals surface area contributed by atoms with Gasteiger partial charge in [-0.25, -0.2) is 0 Å². The number of hydrogen-bond acceptors (Lipinski definition) is 4. The molecule has 5 heteroatoms. The van der Waals surface area contributed by atoms with Crippen molar-refractivity contribution in [1.82, 2.24) is 5.32 Å². The fourth-order valence-corrected chi connectivity index (χ4v) is 3.61. The zero-order chi connectivity index (χ0) is 15.8. The van der Waals surface area contributed by atoms with Gasteiger partial charge in [-0.05, 0) is 25.0 Å². The Morgan fingerprint density at radius 3 is 2.64 bits per heavy atom. The maximum absolute atomic E-state index is 12.2. The molecule has 2 rings (SSSR count). The third-order valence-electron chi connectivity index (χ3n) is 3.98. The molecule has 1 fully saturated rings. The fourth-order valence-electron chi connectivity index (χ4n) is 2.78. The van der Waals surface area contributed by atoms with E-state index in [2.05, 4.69) is 11.4 Å². The van der Waals surface area contributed by atoms with Crippen molar-refractivity contribution in [3.63, 3.8) is 0 Å². The molecular weight excluding hydrogens is 296 g/mol. The van der Waals surface area contributed by atoms with Crippen LogP contribution in [0.5, 0.6) is 5.75 Å². The summed E-state index contributed by atoms with van der Waals surface area (Å²) in [6.07, 6.45) is 5.83. The summed E-state index contributed by atoms with van der Waals surface area (Å²) in [5.41, 5.74) is -0.672. The van der Waals surface area contributed by atoms with Crippen molar-refractivity contribution in [3.05, 3.63) is 24.3 Å². The van der Waals surface area contributed by atoms with Crippen LogP contribution in [0.1, 0.15) is 38.5 Å². The molecule has 1 N–H and O–H groups in total. The Hall–Kier alpha value is -1.67. The van der Waals surface area contributed by atoms with Gasteiger partial charge in [-0.15, -0.1) is 11.8 Å². The second kappa shape index (κ2) is 8.09. The van der Waals surface area contributed by atoms with Gasteiger partial charge in [0.25, 0.3) is 0 Å². The number of nitriles is 1. The molecule has 4 nitrogen and oxygen atoms in total. The van der Waals surface area contributed by atoms with Crippen LogP contribution in [0.25, 0.3) is 0 Å². The van der Waals surface area contributed by atoms with Gasteiger partial charge < -0.3 is 10.1 Å². The molecule has 1 aromatic rings. The predicted octanol–water partition coefficient (Wildman–Crippen LogP) is 3.52. The molecule has 0 bridgehead atoms. The zero-order valence-corrected chi connectivity index (χ0v) is 13.7. The Balaban J connectivity index is 1.93. The maximum Gasteiger partial charge on any atom is 0.231 e. The van der Waals surface area contributed by atoms with E-state index in [0.717, 1.165) is 49.2 Å². The Morgan fingerprint density at radius 2 is 2.00 bits per heavy atom. The van der Waals surface area contributed by atoms with E-state index >= 15 is 0 Å². The lowest BCUT2D eigenvalue weighted by Gasteiger charge is -2.26. The topological polar surface area (TPSA) is 62.1 Å². The molecule has 0 unspecified atom stereocenters. The van der Waals surface area contributed by atoms with Gasteiger partial charge in [0.2, 0.25) is 5.91 Å². The van der Waals surface area contributed by atoms with Gasteiger partial charge in [0.15, 0.2) is 0 Å². The third kappa shape index (κ3) is 4.41. The molecular formula is C17H22N2O2S. The van der Waals surface area contributed by atoms with Crippen LogP contribution in [0.2, 0.25) is 0 Å². The van der Waals surface area contributed by atoms with E-state index in [9.17, 15) is 10.1 Å². The molecule has 0 saturated heterocycles. The summed E-state index contributed by atoms with van der Waals surface area (Å²) in [6.45, 7) is 0. The number of methoxy groups -OCH3 is 1. The number of ether oxygens (including phenoxy) is 1. The van der Waals surface area contributed by atoms with Gasteiger partial charge >= 0.3 is 0 Å². The van der Waals surface area contributed by atoms with Crippen LogP contribution in [0, 0.1) is 11.3 Å². The van der Waals surface area contributed by atoms with Crippen molar-refractivity contribution < 1.29 is 9.53 Å². The second-order valence-electron chi connectivity index (χ2n) is 5.60. The Morgan fingerprint density at radius 1 is 1.32 bits per heavy atom. The van der Waals surface area contributed by atoms with Crippen LogP contribution in [-0.2, 0) is 4.79 Å². The minimum atomic E-state index is -0.672. The lowest BCUT2D eigenvalue weighted by Crippen LogP contribution is -2.47. The molecule has 1 aromatic carbocycles. The van der Waals surface area contributed by atoms with Gasteiger partial charge in [0.1, 0.15) is 11.3 Å². The van der Waals surface area contributed by atoms with Crippen molar-refractivity contribution in [3.8, 4) is 11.8 Å². The van der Waals surface area contributed by atoms with E-state index in [4.69, 9.17) is 4.74 Å². The molecule has 118 valence electrons. The van der Waals surface area contributed by atoms with Gasteiger partial charge in [-0.1, -0.05) is 37.8 Å². The van der Waals surface area contributed by atoms with E-state index in [1.807, 2.05) is 24.3 Å². The summed E-state index contributed by atoms with van der Waals surface area (Å²) in [5, 5.41) is 12.5. The molecule has 0 aromatic heterocycles. The molecule has 1 aliphatic rings. The van der Waals surface area contributed by atoms with Gasteiger partial charge in [-0.3, -0.25) is 4.79 Å². The molecule has 0 heterocycles. The Bertz CT molecular complexity index is 546. The van der Waals surface area contributed by atoms with Crippen molar-refractivity contribution in [1.29, 1.82) is 5.26 Å². The first-order chi connectivity index (χ1) is 10.7. The first kappa shape index (κ1) is 16.7. The highest BCUT2D eigenvalue weighted by Crippen LogP contribution is 2.30. The SMILES string of the molecule is COc1ccccc1SCC(=O)NC1(C#N)CCCCCC1. The summed E-state index contributed by atoms with van der Waals surface area (Å²) in [4.78, 5) is 13.2. The molecule has 0 aliphatic heterocycles. The van der Waals surface area contributed by atoms with Crippen LogP contribution in [0.3, 0.4) is 0 Å².